The number of guanidine groups is 1. The SMILES string of the molecule is CN=C(NCCc1ccc(F)cc1)N1CCC(COCCOC)C1. The molecule has 2 rings (SSSR count). The molecule has 1 saturated heterocycles. The third-order valence-electron chi connectivity index (χ3n) is 4.19. The van der Waals surface area contributed by atoms with Crippen molar-refractivity contribution >= 4 is 5.96 Å². The van der Waals surface area contributed by atoms with Gasteiger partial charge >= 0.3 is 0 Å². The van der Waals surface area contributed by atoms with Gasteiger partial charge in [0.2, 0.25) is 0 Å². The third kappa shape index (κ3) is 6.09. The molecule has 134 valence electrons. The Morgan fingerprint density at radius 3 is 2.83 bits per heavy atom. The predicted molar refractivity (Wildman–Crippen MR) is 93.8 cm³/mol. The van der Waals surface area contributed by atoms with Crippen molar-refractivity contribution in [3.05, 3.63) is 35.6 Å². The number of benzene rings is 1. The highest BCUT2D eigenvalue weighted by Crippen LogP contribution is 2.16. The van der Waals surface area contributed by atoms with Crippen LogP contribution in [0.5, 0.6) is 0 Å². The van der Waals surface area contributed by atoms with Crippen LogP contribution < -0.4 is 5.32 Å². The number of hydrogen-bond donors (Lipinski definition) is 1. The van der Waals surface area contributed by atoms with E-state index in [1.165, 1.54) is 12.1 Å². The van der Waals surface area contributed by atoms with Gasteiger partial charge in [-0.05, 0) is 30.5 Å². The molecule has 1 unspecified atom stereocenters. The molecule has 5 nitrogen and oxygen atoms in total. The second kappa shape index (κ2) is 10.3. The van der Waals surface area contributed by atoms with Crippen molar-refractivity contribution in [2.75, 3.05) is 53.6 Å². The highest BCUT2D eigenvalue weighted by atomic mass is 19.1. The fourth-order valence-electron chi connectivity index (χ4n) is 2.86. The van der Waals surface area contributed by atoms with Crippen LogP contribution in [0, 0.1) is 11.7 Å². The summed E-state index contributed by atoms with van der Waals surface area (Å²) < 4.78 is 23.5. The Bertz CT molecular complexity index is 507. The maximum atomic E-state index is 12.9. The molecule has 6 heteroatoms. The minimum absolute atomic E-state index is 0.196. The average Bonchev–Trinajstić information content (AvgIpc) is 3.06. The van der Waals surface area contributed by atoms with Crippen molar-refractivity contribution in [2.45, 2.75) is 12.8 Å². The van der Waals surface area contributed by atoms with Gasteiger partial charge in [-0.15, -0.1) is 0 Å². The Morgan fingerprint density at radius 2 is 2.12 bits per heavy atom. The first kappa shape index (κ1) is 18.7. The Morgan fingerprint density at radius 1 is 1.33 bits per heavy atom. The molecule has 0 amide bonds. The lowest BCUT2D eigenvalue weighted by Gasteiger charge is -2.21. The molecule has 0 aliphatic carbocycles. The first-order valence-corrected chi connectivity index (χ1v) is 8.49. The van der Waals surface area contributed by atoms with Crippen molar-refractivity contribution in [1.29, 1.82) is 0 Å². The van der Waals surface area contributed by atoms with Gasteiger partial charge in [0.25, 0.3) is 0 Å². The van der Waals surface area contributed by atoms with Crippen molar-refractivity contribution in [3.8, 4) is 0 Å². The molecule has 1 N–H and O–H groups in total. The number of halogens is 1. The van der Waals surface area contributed by atoms with Crippen LogP contribution in [0.4, 0.5) is 4.39 Å². The van der Waals surface area contributed by atoms with Crippen LogP contribution in [0.2, 0.25) is 0 Å². The van der Waals surface area contributed by atoms with Crippen LogP contribution in [0.15, 0.2) is 29.3 Å². The highest BCUT2D eigenvalue weighted by molar-refractivity contribution is 5.80. The van der Waals surface area contributed by atoms with Crippen molar-refractivity contribution in [3.63, 3.8) is 0 Å². The monoisotopic (exact) mass is 337 g/mol. The molecule has 0 radical (unpaired) electrons. The normalized spacial score (nSPS) is 18.2. The zero-order chi connectivity index (χ0) is 17.2. The maximum absolute atomic E-state index is 12.9. The zero-order valence-electron chi connectivity index (χ0n) is 14.6. The summed E-state index contributed by atoms with van der Waals surface area (Å²) in [6.07, 6.45) is 1.96. The van der Waals surface area contributed by atoms with E-state index in [1.54, 1.807) is 7.11 Å². The van der Waals surface area contributed by atoms with Crippen molar-refractivity contribution in [1.82, 2.24) is 10.2 Å². The molecule has 1 aliphatic heterocycles. The van der Waals surface area contributed by atoms with E-state index in [-0.39, 0.29) is 5.82 Å². The summed E-state index contributed by atoms with van der Waals surface area (Å²) in [7, 11) is 3.49. The van der Waals surface area contributed by atoms with E-state index in [1.807, 2.05) is 19.2 Å². The number of nitrogens with zero attached hydrogens (tertiary/aromatic N) is 2. The largest absolute Gasteiger partial charge is 0.382 e. The molecule has 1 atom stereocenters. The molecule has 1 aromatic carbocycles. The summed E-state index contributed by atoms with van der Waals surface area (Å²) in [6, 6.07) is 6.64. The second-order valence-electron chi connectivity index (χ2n) is 6.02. The number of ether oxygens (including phenoxy) is 2. The van der Waals surface area contributed by atoms with Crippen molar-refractivity contribution < 1.29 is 13.9 Å². The summed E-state index contributed by atoms with van der Waals surface area (Å²) in [5.74, 6) is 1.27. The average molecular weight is 337 g/mol. The molecule has 1 aliphatic rings. The molecular weight excluding hydrogens is 309 g/mol. The first-order chi connectivity index (χ1) is 11.7. The summed E-state index contributed by atoms with van der Waals surface area (Å²) in [6.45, 7) is 4.80. The molecule has 0 saturated carbocycles. The van der Waals surface area contributed by atoms with Gasteiger partial charge in [0.1, 0.15) is 5.82 Å². The van der Waals surface area contributed by atoms with Crippen molar-refractivity contribution in [2.24, 2.45) is 10.9 Å². The summed E-state index contributed by atoms with van der Waals surface area (Å²) in [5.41, 5.74) is 1.12. The van der Waals surface area contributed by atoms with Gasteiger partial charge in [-0.3, -0.25) is 4.99 Å². The number of nitrogens with one attached hydrogen (secondary N) is 1. The Labute approximate surface area is 143 Å². The van der Waals surface area contributed by atoms with E-state index in [0.29, 0.717) is 19.1 Å². The number of aliphatic imine (C=N–C) groups is 1. The van der Waals surface area contributed by atoms with E-state index in [4.69, 9.17) is 9.47 Å². The Balaban J connectivity index is 1.69. The standard InChI is InChI=1S/C18H28FN3O2/c1-20-18(21-9-7-15-3-5-17(19)6-4-15)22-10-8-16(13-22)14-24-12-11-23-2/h3-6,16H,7-14H2,1-2H3,(H,20,21). The second-order valence-corrected chi connectivity index (χ2v) is 6.02. The van der Waals surface area contributed by atoms with Crippen LogP contribution in [0.25, 0.3) is 0 Å². The number of methoxy groups -OCH3 is 1. The lowest BCUT2D eigenvalue weighted by Crippen LogP contribution is -2.41. The lowest BCUT2D eigenvalue weighted by atomic mass is 10.1. The van der Waals surface area contributed by atoms with E-state index in [2.05, 4.69) is 15.2 Å². The molecule has 0 aromatic heterocycles. The van der Waals surface area contributed by atoms with Crippen LogP contribution in [0.1, 0.15) is 12.0 Å². The van der Waals surface area contributed by atoms with E-state index < -0.39 is 0 Å². The Kier molecular flexibility index (Phi) is 7.98. The van der Waals surface area contributed by atoms with E-state index in [9.17, 15) is 4.39 Å². The van der Waals surface area contributed by atoms with E-state index >= 15 is 0 Å². The van der Waals surface area contributed by atoms with Gasteiger partial charge in [0, 0.05) is 39.7 Å². The fourth-order valence-corrected chi connectivity index (χ4v) is 2.86. The Hall–Kier alpha value is -1.66. The van der Waals surface area contributed by atoms with Gasteiger partial charge in [-0.1, -0.05) is 12.1 Å². The van der Waals surface area contributed by atoms with Gasteiger partial charge in [-0.2, -0.15) is 0 Å². The predicted octanol–water partition coefficient (Wildman–Crippen LogP) is 1.93. The summed E-state index contributed by atoms with van der Waals surface area (Å²) in [4.78, 5) is 6.64. The summed E-state index contributed by atoms with van der Waals surface area (Å²) in [5, 5.41) is 3.39. The lowest BCUT2D eigenvalue weighted by molar-refractivity contribution is 0.0536. The number of likely N-dealkylation sites (tertiary alicyclic amines) is 1. The number of rotatable bonds is 8. The quantitative estimate of drug-likeness (QED) is 0.447. The maximum Gasteiger partial charge on any atom is 0.193 e. The molecule has 1 aromatic rings. The van der Waals surface area contributed by atoms with Crippen LogP contribution in [-0.2, 0) is 15.9 Å². The molecule has 1 fully saturated rings. The molecular formula is C18H28FN3O2. The van der Waals surface area contributed by atoms with Crippen LogP contribution in [0.3, 0.4) is 0 Å². The van der Waals surface area contributed by atoms with Gasteiger partial charge in [0.05, 0.1) is 19.8 Å². The first-order valence-electron chi connectivity index (χ1n) is 8.49. The van der Waals surface area contributed by atoms with Gasteiger partial charge < -0.3 is 19.7 Å². The fraction of sp³-hybridized carbons (Fsp3) is 0.611. The van der Waals surface area contributed by atoms with Crippen LogP contribution >= 0.6 is 0 Å². The van der Waals surface area contributed by atoms with Gasteiger partial charge in [0.15, 0.2) is 5.96 Å². The van der Waals surface area contributed by atoms with Crippen LogP contribution in [-0.4, -0.2) is 64.5 Å². The minimum atomic E-state index is -0.196. The summed E-state index contributed by atoms with van der Waals surface area (Å²) >= 11 is 0. The molecule has 1 heterocycles. The minimum Gasteiger partial charge on any atom is -0.382 e. The molecule has 0 spiro atoms. The third-order valence-corrected chi connectivity index (χ3v) is 4.19. The smallest absolute Gasteiger partial charge is 0.193 e. The zero-order valence-corrected chi connectivity index (χ0v) is 14.6. The van der Waals surface area contributed by atoms with Gasteiger partial charge in [-0.25, -0.2) is 4.39 Å². The number of hydrogen-bond acceptors (Lipinski definition) is 3. The topological polar surface area (TPSA) is 46.1 Å². The highest BCUT2D eigenvalue weighted by Gasteiger charge is 2.24. The molecule has 0 bridgehead atoms. The van der Waals surface area contributed by atoms with E-state index in [0.717, 1.165) is 50.6 Å². The molecule has 24 heavy (non-hydrogen) atoms.